The number of rotatable bonds is 2. The van der Waals surface area contributed by atoms with Crippen molar-refractivity contribution < 1.29 is 56.5 Å². The van der Waals surface area contributed by atoms with Crippen molar-refractivity contribution in [2.75, 3.05) is 7.11 Å². The Hall–Kier alpha value is 0.115. The fourth-order valence-electron chi connectivity index (χ4n) is 0.815. The first-order valence-electron chi connectivity index (χ1n) is 5.79. The molecule has 0 aliphatic rings. The van der Waals surface area contributed by atoms with Crippen LogP contribution < -0.4 is 0 Å². The molecule has 0 unspecified atom stereocenters. The fraction of sp³-hybridized carbons (Fsp3) is 0.250. The van der Waals surface area contributed by atoms with Crippen molar-refractivity contribution in [1.82, 2.24) is 0 Å². The van der Waals surface area contributed by atoms with Crippen molar-refractivity contribution in [2.24, 2.45) is 0 Å². The third-order valence-corrected chi connectivity index (χ3v) is 2.06. The van der Waals surface area contributed by atoms with Gasteiger partial charge in [0.2, 0.25) is 0 Å². The van der Waals surface area contributed by atoms with E-state index in [2.05, 4.69) is 0 Å². The van der Waals surface area contributed by atoms with Crippen LogP contribution in [0.3, 0.4) is 0 Å². The third-order valence-electron chi connectivity index (χ3n) is 1.35. The summed E-state index contributed by atoms with van der Waals surface area (Å²) in [4.78, 5) is 0. The Kier molecular flexibility index (Phi) is 20.5. The molecule has 1 rings (SSSR count). The van der Waals surface area contributed by atoms with Gasteiger partial charge in [-0.1, -0.05) is 29.3 Å². The Morgan fingerprint density at radius 3 is 1.11 bits per heavy atom. The van der Waals surface area contributed by atoms with Crippen molar-refractivity contribution in [2.45, 2.75) is 6.61 Å². The minimum absolute atomic E-state index is 0. The number of benzene rings is 1. The van der Waals surface area contributed by atoms with E-state index in [1.807, 2.05) is 6.07 Å². The summed E-state index contributed by atoms with van der Waals surface area (Å²) in [6.45, 7) is 0.457. The molecule has 0 N–H and O–H groups in total. The standard InChI is InChI=1S/C8H8Cl2O.3BF4.Na.H/c1-11-5-6-7(9)3-2-4-8(6)10;3*2-1(3,4)5;;/h2-4H,5H2,1H3;;;;;/q;3*-1;;. The van der Waals surface area contributed by atoms with Crippen LogP contribution in [0.4, 0.5) is 51.8 Å². The summed E-state index contributed by atoms with van der Waals surface area (Å²) in [7, 11) is -16.4. The molecule has 0 saturated carbocycles. The van der Waals surface area contributed by atoms with Gasteiger partial charge in [0.05, 0.1) is 6.61 Å². The van der Waals surface area contributed by atoms with Crippen molar-refractivity contribution in [3.05, 3.63) is 33.8 Å². The van der Waals surface area contributed by atoms with E-state index in [0.717, 1.165) is 5.56 Å². The van der Waals surface area contributed by atoms with Crippen molar-refractivity contribution in [3.63, 3.8) is 0 Å². The summed E-state index contributed by atoms with van der Waals surface area (Å²) in [5.74, 6) is 0. The zero-order valence-corrected chi connectivity index (χ0v) is 13.9. The Morgan fingerprint density at radius 1 is 0.704 bits per heavy atom. The Balaban J connectivity index is -0.000000142. The molecule has 0 heterocycles. The van der Waals surface area contributed by atoms with Crippen LogP contribution in [0, 0.1) is 0 Å². The first-order chi connectivity index (χ1) is 11.3. The van der Waals surface area contributed by atoms with Crippen molar-refractivity contribution >= 4 is 74.5 Å². The first kappa shape index (κ1) is 34.6. The molecule has 0 aliphatic carbocycles. The zero-order valence-electron chi connectivity index (χ0n) is 12.4. The van der Waals surface area contributed by atoms with Gasteiger partial charge in [0.15, 0.2) is 0 Å². The summed E-state index contributed by atoms with van der Waals surface area (Å²) in [5, 5.41) is 1.30. The Bertz CT molecular complexity index is 432. The van der Waals surface area contributed by atoms with Crippen LogP contribution in [0.25, 0.3) is 0 Å². The summed E-state index contributed by atoms with van der Waals surface area (Å²) in [6.07, 6.45) is 0. The molecule has 0 aromatic heterocycles. The quantitative estimate of drug-likeness (QED) is 0.356. The summed E-state index contributed by atoms with van der Waals surface area (Å²) in [5.41, 5.74) is 0.846. The van der Waals surface area contributed by atoms with Gasteiger partial charge in [0.1, 0.15) is 0 Å². The molecule has 19 heteroatoms. The van der Waals surface area contributed by atoms with E-state index in [4.69, 9.17) is 27.9 Å². The SMILES string of the molecule is COCc1c(Cl)cccc1Cl.F[B-](F)(F)F.F[B-](F)(F)F.F[B-](F)(F)F.[NaH]. The van der Waals surface area contributed by atoms with Gasteiger partial charge >= 0.3 is 51.3 Å². The second-order valence-corrected chi connectivity index (χ2v) is 4.43. The van der Waals surface area contributed by atoms with Crippen LogP contribution in [0.15, 0.2) is 18.2 Å². The topological polar surface area (TPSA) is 9.23 Å². The number of hydrogen-bond donors (Lipinski definition) is 0. The molecule has 27 heavy (non-hydrogen) atoms. The number of ether oxygens (including phenoxy) is 1. The van der Waals surface area contributed by atoms with Gasteiger partial charge in [0.25, 0.3) is 0 Å². The minimum atomic E-state index is -6.00. The van der Waals surface area contributed by atoms with Gasteiger partial charge < -0.3 is 56.5 Å². The number of methoxy groups -OCH3 is 1. The molecular weight excluding hydrogens is 466 g/mol. The van der Waals surface area contributed by atoms with Crippen molar-refractivity contribution in [1.29, 1.82) is 0 Å². The van der Waals surface area contributed by atoms with Gasteiger partial charge in [-0.05, 0) is 12.1 Å². The molecule has 0 fully saturated rings. The number of hydrogen-bond acceptors (Lipinski definition) is 1. The van der Waals surface area contributed by atoms with Crippen LogP contribution in [-0.2, 0) is 11.3 Å². The maximum atomic E-state index is 9.75. The molecule has 1 aromatic rings. The van der Waals surface area contributed by atoms with Crippen LogP contribution >= 0.6 is 23.2 Å². The molecule has 0 aliphatic heterocycles. The van der Waals surface area contributed by atoms with Gasteiger partial charge in [-0.15, -0.1) is 0 Å². The molecule has 0 saturated heterocycles. The van der Waals surface area contributed by atoms with Gasteiger partial charge in [0, 0.05) is 22.7 Å². The van der Waals surface area contributed by atoms with Crippen LogP contribution in [0.5, 0.6) is 0 Å². The second-order valence-electron chi connectivity index (χ2n) is 3.62. The molecule has 0 bridgehead atoms. The molecule has 0 spiro atoms. The summed E-state index contributed by atoms with van der Waals surface area (Å²) in [6, 6.07) is 5.40. The summed E-state index contributed by atoms with van der Waals surface area (Å²) >= 11 is 11.7. The van der Waals surface area contributed by atoms with E-state index in [-0.39, 0.29) is 29.6 Å². The van der Waals surface area contributed by atoms with Crippen LogP contribution in [0.1, 0.15) is 5.56 Å². The van der Waals surface area contributed by atoms with Crippen molar-refractivity contribution in [3.8, 4) is 0 Å². The second kappa shape index (κ2) is 16.0. The van der Waals surface area contributed by atoms with Gasteiger partial charge in [-0.25, -0.2) is 0 Å². The van der Waals surface area contributed by atoms with E-state index < -0.39 is 21.8 Å². The predicted molar refractivity (Wildman–Crippen MR) is 84.9 cm³/mol. The molecule has 0 atom stereocenters. The maximum absolute atomic E-state index is 9.75. The molecule has 158 valence electrons. The summed E-state index contributed by atoms with van der Waals surface area (Å²) < 4.78 is 122. The normalized spacial score (nSPS) is 10.8. The van der Waals surface area contributed by atoms with Gasteiger partial charge in [-0.3, -0.25) is 0 Å². The van der Waals surface area contributed by atoms with Crippen LogP contribution in [-0.4, -0.2) is 58.4 Å². The van der Waals surface area contributed by atoms with E-state index in [9.17, 15) is 51.8 Å². The Morgan fingerprint density at radius 2 is 0.926 bits per heavy atom. The third kappa shape index (κ3) is 51.8. The molecular formula is C8H9B3Cl2F12NaO-3. The number of halogens is 14. The molecule has 1 nitrogen and oxygen atoms in total. The van der Waals surface area contributed by atoms with E-state index in [0.29, 0.717) is 16.7 Å². The first-order valence-corrected chi connectivity index (χ1v) is 6.55. The molecule has 0 amide bonds. The molecule has 1 aromatic carbocycles. The fourth-order valence-corrected chi connectivity index (χ4v) is 1.32. The Labute approximate surface area is 178 Å². The zero-order chi connectivity index (χ0) is 21.8. The van der Waals surface area contributed by atoms with E-state index in [1.165, 1.54) is 0 Å². The predicted octanol–water partition coefficient (Wildman–Crippen LogP) is 6.39. The molecule has 0 radical (unpaired) electrons. The van der Waals surface area contributed by atoms with E-state index >= 15 is 0 Å². The van der Waals surface area contributed by atoms with Crippen LogP contribution in [0.2, 0.25) is 10.0 Å². The monoisotopic (exact) mass is 475 g/mol. The van der Waals surface area contributed by atoms with E-state index in [1.54, 1.807) is 19.2 Å². The average molecular weight is 475 g/mol. The van der Waals surface area contributed by atoms with Gasteiger partial charge in [-0.2, -0.15) is 0 Å². The average Bonchev–Trinajstić information content (AvgIpc) is 2.27.